The Balaban J connectivity index is 1.58. The second-order valence-electron chi connectivity index (χ2n) is 7.34. The van der Waals surface area contributed by atoms with Crippen molar-refractivity contribution in [1.82, 2.24) is 10.3 Å². The molecule has 1 aromatic heterocycles. The van der Waals surface area contributed by atoms with Crippen molar-refractivity contribution in [3.05, 3.63) is 59.9 Å². The van der Waals surface area contributed by atoms with Gasteiger partial charge in [-0.25, -0.2) is 4.79 Å². The number of carbonyl (C=O) groups is 1. The van der Waals surface area contributed by atoms with Crippen molar-refractivity contribution < 1.29 is 4.79 Å². The number of aromatic nitrogens is 1. The van der Waals surface area contributed by atoms with Gasteiger partial charge in [0.05, 0.1) is 6.04 Å². The summed E-state index contributed by atoms with van der Waals surface area (Å²) in [5.41, 5.74) is 3.73. The van der Waals surface area contributed by atoms with E-state index in [2.05, 4.69) is 42.3 Å². The lowest BCUT2D eigenvalue weighted by Gasteiger charge is -2.27. The van der Waals surface area contributed by atoms with Crippen LogP contribution in [-0.2, 0) is 5.41 Å². The number of rotatable bonds is 3. The summed E-state index contributed by atoms with van der Waals surface area (Å²) in [5.74, 6) is 0.309. The summed E-state index contributed by atoms with van der Waals surface area (Å²) < 4.78 is 0. The van der Waals surface area contributed by atoms with E-state index in [0.717, 1.165) is 17.8 Å². The van der Waals surface area contributed by atoms with Crippen molar-refractivity contribution in [1.29, 1.82) is 0 Å². The molecular weight excluding hydrogens is 298 g/mol. The Morgan fingerprint density at radius 3 is 2.54 bits per heavy atom. The van der Waals surface area contributed by atoms with E-state index in [1.54, 1.807) is 12.4 Å². The zero-order valence-electron chi connectivity index (χ0n) is 14.2. The first-order chi connectivity index (χ1) is 11.6. The Morgan fingerprint density at radius 2 is 1.88 bits per heavy atom. The van der Waals surface area contributed by atoms with Crippen LogP contribution >= 0.6 is 0 Å². The number of anilines is 1. The van der Waals surface area contributed by atoms with Crippen molar-refractivity contribution in [3.63, 3.8) is 0 Å². The smallest absolute Gasteiger partial charge is 0.322 e. The quantitative estimate of drug-likeness (QED) is 0.927. The number of para-hydroxylation sites is 1. The van der Waals surface area contributed by atoms with Crippen molar-refractivity contribution in [3.8, 4) is 0 Å². The molecule has 1 aliphatic heterocycles. The Labute approximate surface area is 142 Å². The van der Waals surface area contributed by atoms with Gasteiger partial charge in [0.2, 0.25) is 0 Å². The number of benzene rings is 1. The second kappa shape index (κ2) is 5.62. The van der Waals surface area contributed by atoms with Gasteiger partial charge in [-0.05, 0) is 48.1 Å². The van der Waals surface area contributed by atoms with Crippen molar-refractivity contribution >= 4 is 11.7 Å². The average molecular weight is 321 g/mol. The Hall–Kier alpha value is -2.36. The van der Waals surface area contributed by atoms with E-state index >= 15 is 0 Å². The lowest BCUT2D eigenvalue weighted by atomic mass is 9.97. The summed E-state index contributed by atoms with van der Waals surface area (Å²) in [5, 5.41) is 3.24. The van der Waals surface area contributed by atoms with Gasteiger partial charge >= 0.3 is 6.03 Å². The zero-order valence-corrected chi connectivity index (χ0v) is 14.2. The van der Waals surface area contributed by atoms with Gasteiger partial charge in [0.15, 0.2) is 0 Å². The van der Waals surface area contributed by atoms with Crippen LogP contribution in [0.25, 0.3) is 0 Å². The van der Waals surface area contributed by atoms with E-state index in [0.29, 0.717) is 5.92 Å². The normalized spacial score (nSPS) is 18.5. The first-order valence-corrected chi connectivity index (χ1v) is 8.68. The van der Waals surface area contributed by atoms with Crippen LogP contribution < -0.4 is 10.2 Å². The highest BCUT2D eigenvalue weighted by atomic mass is 16.2. The average Bonchev–Trinajstić information content (AvgIpc) is 3.30. The molecule has 1 atom stereocenters. The molecule has 0 unspecified atom stereocenters. The summed E-state index contributed by atoms with van der Waals surface area (Å²) in [6, 6.07) is 12.3. The van der Waals surface area contributed by atoms with Gasteiger partial charge in [0, 0.05) is 30.0 Å². The Kier molecular flexibility index (Phi) is 3.56. The molecule has 2 amide bonds. The van der Waals surface area contributed by atoms with E-state index in [1.807, 2.05) is 23.1 Å². The third-order valence-electron chi connectivity index (χ3n) is 5.34. The number of urea groups is 1. The predicted octanol–water partition coefficient (Wildman–Crippen LogP) is 4.04. The number of nitrogens with zero attached hydrogens (tertiary/aromatic N) is 2. The molecule has 0 bridgehead atoms. The largest absolute Gasteiger partial charge is 0.331 e. The first-order valence-electron chi connectivity index (χ1n) is 8.68. The maximum atomic E-state index is 13.0. The SMILES string of the molecule is CC(C)[C@@H](NC(=O)N1CC2(CC2)c2ccccc21)c1ccncc1. The highest BCUT2D eigenvalue weighted by molar-refractivity contribution is 5.95. The number of fused-ring (bicyclic) bond motifs is 2. The van der Waals surface area contributed by atoms with Crippen LogP contribution in [0.15, 0.2) is 48.8 Å². The van der Waals surface area contributed by atoms with Crippen molar-refractivity contribution in [2.45, 2.75) is 38.1 Å². The highest BCUT2D eigenvalue weighted by Crippen LogP contribution is 2.56. The fourth-order valence-electron chi connectivity index (χ4n) is 3.81. The van der Waals surface area contributed by atoms with Crippen LogP contribution in [0.3, 0.4) is 0 Å². The molecule has 4 heteroatoms. The maximum Gasteiger partial charge on any atom is 0.322 e. The number of amides is 2. The fraction of sp³-hybridized carbons (Fsp3) is 0.400. The molecule has 2 aliphatic rings. The van der Waals surface area contributed by atoms with E-state index in [1.165, 1.54) is 18.4 Å². The van der Waals surface area contributed by atoms with E-state index in [4.69, 9.17) is 0 Å². The second-order valence-corrected chi connectivity index (χ2v) is 7.34. The molecule has 0 radical (unpaired) electrons. The molecule has 1 fully saturated rings. The van der Waals surface area contributed by atoms with Gasteiger partial charge in [-0.3, -0.25) is 9.88 Å². The standard InChI is InChI=1S/C20H23N3O/c1-14(2)18(15-7-11-21-12-8-15)22-19(24)23-13-20(9-10-20)16-5-3-4-6-17(16)23/h3-8,11-12,14,18H,9-10,13H2,1-2H3,(H,22,24)/t18-/m1/s1. The molecule has 4 rings (SSSR count). The lowest BCUT2D eigenvalue weighted by Crippen LogP contribution is -2.43. The van der Waals surface area contributed by atoms with E-state index in [9.17, 15) is 4.79 Å². The van der Waals surface area contributed by atoms with Gasteiger partial charge in [0.1, 0.15) is 0 Å². The van der Waals surface area contributed by atoms with Crippen molar-refractivity contribution in [2.75, 3.05) is 11.4 Å². The van der Waals surface area contributed by atoms with E-state index < -0.39 is 0 Å². The minimum atomic E-state index is -0.0107. The van der Waals surface area contributed by atoms with Gasteiger partial charge in [-0.2, -0.15) is 0 Å². The lowest BCUT2D eigenvalue weighted by molar-refractivity contribution is 0.238. The number of hydrogen-bond donors (Lipinski definition) is 1. The predicted molar refractivity (Wildman–Crippen MR) is 95.0 cm³/mol. The summed E-state index contributed by atoms with van der Waals surface area (Å²) in [6.45, 7) is 5.07. The summed E-state index contributed by atoms with van der Waals surface area (Å²) in [7, 11) is 0. The number of carbonyl (C=O) groups excluding carboxylic acids is 1. The van der Waals surface area contributed by atoms with Gasteiger partial charge < -0.3 is 5.32 Å². The minimum Gasteiger partial charge on any atom is -0.331 e. The maximum absolute atomic E-state index is 13.0. The molecule has 0 saturated heterocycles. The van der Waals surface area contributed by atoms with Crippen LogP contribution in [0.4, 0.5) is 10.5 Å². The highest BCUT2D eigenvalue weighted by Gasteiger charge is 2.52. The molecule has 4 nitrogen and oxygen atoms in total. The minimum absolute atomic E-state index is 0.00161. The zero-order chi connectivity index (χ0) is 16.7. The number of nitrogens with one attached hydrogen (secondary N) is 1. The Bertz CT molecular complexity index is 752. The molecule has 124 valence electrons. The first kappa shape index (κ1) is 15.2. The summed E-state index contributed by atoms with van der Waals surface area (Å²) >= 11 is 0. The summed E-state index contributed by atoms with van der Waals surface area (Å²) in [4.78, 5) is 19.0. The number of hydrogen-bond acceptors (Lipinski definition) is 2. The van der Waals surface area contributed by atoms with Crippen LogP contribution in [-0.4, -0.2) is 17.6 Å². The molecule has 2 aromatic rings. The van der Waals surface area contributed by atoms with Crippen LogP contribution in [0.2, 0.25) is 0 Å². The third-order valence-corrected chi connectivity index (χ3v) is 5.34. The molecule has 1 N–H and O–H groups in total. The molecule has 1 aliphatic carbocycles. The van der Waals surface area contributed by atoms with Crippen LogP contribution in [0.1, 0.15) is 43.9 Å². The fourth-order valence-corrected chi connectivity index (χ4v) is 3.81. The van der Waals surface area contributed by atoms with Gasteiger partial charge in [-0.1, -0.05) is 32.0 Å². The summed E-state index contributed by atoms with van der Waals surface area (Å²) in [6.07, 6.45) is 5.93. The molecule has 1 spiro atoms. The monoisotopic (exact) mass is 321 g/mol. The molecular formula is C20H23N3O. The van der Waals surface area contributed by atoms with Crippen LogP contribution in [0.5, 0.6) is 0 Å². The van der Waals surface area contributed by atoms with Crippen molar-refractivity contribution in [2.24, 2.45) is 5.92 Å². The number of pyridine rings is 1. The van der Waals surface area contributed by atoms with E-state index in [-0.39, 0.29) is 17.5 Å². The topological polar surface area (TPSA) is 45.2 Å². The van der Waals surface area contributed by atoms with Crippen LogP contribution in [0, 0.1) is 5.92 Å². The van der Waals surface area contributed by atoms with Gasteiger partial charge in [-0.15, -0.1) is 0 Å². The molecule has 1 saturated carbocycles. The Morgan fingerprint density at radius 1 is 1.17 bits per heavy atom. The van der Waals surface area contributed by atoms with Gasteiger partial charge in [0.25, 0.3) is 0 Å². The third kappa shape index (κ3) is 2.46. The molecule has 1 aromatic carbocycles. The molecule has 24 heavy (non-hydrogen) atoms. The molecule has 2 heterocycles.